The number of halogens is 1. The average molecular weight is 387 g/mol. The van der Waals surface area contributed by atoms with Gasteiger partial charge in [0.2, 0.25) is 0 Å². The molecule has 0 bridgehead atoms. The van der Waals surface area contributed by atoms with Gasteiger partial charge in [-0.25, -0.2) is 0 Å². The van der Waals surface area contributed by atoms with Crippen LogP contribution in [0, 0.1) is 0 Å². The van der Waals surface area contributed by atoms with Gasteiger partial charge in [-0.05, 0) is 55.6 Å². The van der Waals surface area contributed by atoms with E-state index in [0.717, 1.165) is 57.0 Å². The second-order valence-electron chi connectivity index (χ2n) is 7.81. The Kier molecular flexibility index (Phi) is 5.79. The van der Waals surface area contributed by atoms with E-state index in [9.17, 15) is 0 Å². The van der Waals surface area contributed by atoms with Crippen LogP contribution in [0.3, 0.4) is 0 Å². The van der Waals surface area contributed by atoms with Gasteiger partial charge in [0.05, 0.1) is 12.2 Å². The van der Waals surface area contributed by atoms with Crippen LogP contribution >= 0.6 is 11.6 Å². The Bertz CT molecular complexity index is 749. The van der Waals surface area contributed by atoms with Crippen LogP contribution in [-0.4, -0.2) is 37.0 Å². The van der Waals surface area contributed by atoms with Crippen LogP contribution in [-0.2, 0) is 21.4 Å². The minimum Gasteiger partial charge on any atom is -0.378 e. The smallest absolute Gasteiger partial charge is 0.0945 e. The van der Waals surface area contributed by atoms with Crippen LogP contribution in [0.15, 0.2) is 48.7 Å². The summed E-state index contributed by atoms with van der Waals surface area (Å²) >= 11 is 6.09. The summed E-state index contributed by atoms with van der Waals surface area (Å²) in [7, 11) is 0. The third-order valence-corrected chi connectivity index (χ3v) is 6.16. The Morgan fingerprint density at radius 1 is 1.11 bits per heavy atom. The summed E-state index contributed by atoms with van der Waals surface area (Å²) in [5.41, 5.74) is 2.29. The second-order valence-corrected chi connectivity index (χ2v) is 8.25. The summed E-state index contributed by atoms with van der Waals surface area (Å²) in [4.78, 5) is 4.74. The lowest BCUT2D eigenvalue weighted by Crippen LogP contribution is -2.49. The number of hydrogen-bond donors (Lipinski definition) is 1. The van der Waals surface area contributed by atoms with Crippen LogP contribution < -0.4 is 5.32 Å². The highest BCUT2D eigenvalue weighted by Gasteiger charge is 2.49. The molecule has 2 saturated heterocycles. The fourth-order valence-corrected chi connectivity index (χ4v) is 4.72. The lowest BCUT2D eigenvalue weighted by atomic mass is 9.68. The first-order valence-electron chi connectivity index (χ1n) is 9.78. The standard InChI is InChI=1S/C22H27ClN2O2/c23-19-5-3-4-18(14-19)15-24-11-7-21(20-6-1-2-10-25-20)8-13-27-22(16-21)9-12-26-17-22/h1-6,10,14,24H,7-9,11-13,15-17H2. The van der Waals surface area contributed by atoms with E-state index >= 15 is 0 Å². The molecule has 2 aliphatic rings. The van der Waals surface area contributed by atoms with E-state index in [4.69, 9.17) is 26.1 Å². The van der Waals surface area contributed by atoms with E-state index < -0.39 is 0 Å². The minimum atomic E-state index is -0.136. The maximum atomic E-state index is 6.20. The molecule has 3 heterocycles. The number of benzene rings is 1. The first kappa shape index (κ1) is 18.9. The molecule has 0 saturated carbocycles. The van der Waals surface area contributed by atoms with Crippen molar-refractivity contribution >= 4 is 11.6 Å². The summed E-state index contributed by atoms with van der Waals surface area (Å²) in [6.45, 7) is 4.03. The Morgan fingerprint density at radius 3 is 2.85 bits per heavy atom. The highest BCUT2D eigenvalue weighted by molar-refractivity contribution is 6.30. The molecular formula is C22H27ClN2O2. The number of rotatable bonds is 6. The van der Waals surface area contributed by atoms with Crippen LogP contribution in [0.25, 0.3) is 0 Å². The normalized spacial score (nSPS) is 27.9. The molecule has 0 aliphatic carbocycles. The van der Waals surface area contributed by atoms with Crippen LogP contribution in [0.4, 0.5) is 0 Å². The van der Waals surface area contributed by atoms with Gasteiger partial charge in [0, 0.05) is 48.5 Å². The van der Waals surface area contributed by atoms with Gasteiger partial charge in [-0.3, -0.25) is 4.98 Å². The highest BCUT2D eigenvalue weighted by Crippen LogP contribution is 2.46. The number of aromatic nitrogens is 1. The third-order valence-electron chi connectivity index (χ3n) is 5.92. The van der Waals surface area contributed by atoms with Crippen molar-refractivity contribution in [2.75, 3.05) is 26.4 Å². The minimum absolute atomic E-state index is 0.0363. The van der Waals surface area contributed by atoms with Gasteiger partial charge in [0.1, 0.15) is 0 Å². The molecule has 1 aromatic carbocycles. The van der Waals surface area contributed by atoms with Crippen molar-refractivity contribution in [3.05, 3.63) is 64.9 Å². The quantitative estimate of drug-likeness (QED) is 0.758. The molecule has 2 unspecified atom stereocenters. The first-order chi connectivity index (χ1) is 13.2. The molecule has 1 N–H and O–H groups in total. The van der Waals surface area contributed by atoms with Crippen molar-refractivity contribution in [3.8, 4) is 0 Å². The van der Waals surface area contributed by atoms with E-state index in [1.807, 2.05) is 30.5 Å². The van der Waals surface area contributed by atoms with Crippen molar-refractivity contribution < 1.29 is 9.47 Å². The van der Waals surface area contributed by atoms with Crippen molar-refractivity contribution in [2.45, 2.75) is 43.2 Å². The number of hydrogen-bond acceptors (Lipinski definition) is 4. The zero-order chi connectivity index (χ0) is 18.6. The zero-order valence-electron chi connectivity index (χ0n) is 15.6. The summed E-state index contributed by atoms with van der Waals surface area (Å²) in [5, 5.41) is 4.38. The van der Waals surface area contributed by atoms with Crippen molar-refractivity contribution in [1.82, 2.24) is 10.3 Å². The van der Waals surface area contributed by atoms with Gasteiger partial charge in [-0.1, -0.05) is 29.8 Å². The lowest BCUT2D eigenvalue weighted by Gasteiger charge is -2.45. The molecule has 2 fully saturated rings. The molecule has 144 valence electrons. The van der Waals surface area contributed by atoms with E-state index in [-0.39, 0.29) is 11.0 Å². The highest BCUT2D eigenvalue weighted by atomic mass is 35.5. The molecule has 4 nitrogen and oxygen atoms in total. The fraction of sp³-hybridized carbons (Fsp3) is 0.500. The average Bonchev–Trinajstić information content (AvgIpc) is 3.13. The maximum Gasteiger partial charge on any atom is 0.0945 e. The fourth-order valence-electron chi connectivity index (χ4n) is 4.50. The summed E-state index contributed by atoms with van der Waals surface area (Å²) in [5.74, 6) is 0. The molecule has 2 aromatic rings. The topological polar surface area (TPSA) is 43.4 Å². The maximum absolute atomic E-state index is 6.20. The van der Waals surface area contributed by atoms with Crippen molar-refractivity contribution in [3.63, 3.8) is 0 Å². The zero-order valence-corrected chi connectivity index (χ0v) is 16.4. The van der Waals surface area contributed by atoms with E-state index in [1.54, 1.807) is 0 Å². The van der Waals surface area contributed by atoms with Gasteiger partial charge in [0.25, 0.3) is 0 Å². The summed E-state index contributed by atoms with van der Waals surface area (Å²) in [6, 6.07) is 14.3. The second kappa shape index (κ2) is 8.27. The van der Waals surface area contributed by atoms with Crippen LogP contribution in [0.1, 0.15) is 36.9 Å². The van der Waals surface area contributed by atoms with Gasteiger partial charge < -0.3 is 14.8 Å². The van der Waals surface area contributed by atoms with E-state index in [0.29, 0.717) is 6.61 Å². The molecule has 27 heavy (non-hydrogen) atoms. The molecule has 2 atom stereocenters. The Balaban J connectivity index is 1.45. The Morgan fingerprint density at radius 2 is 2.07 bits per heavy atom. The third kappa shape index (κ3) is 4.35. The molecule has 1 aromatic heterocycles. The first-order valence-corrected chi connectivity index (χ1v) is 10.2. The van der Waals surface area contributed by atoms with Gasteiger partial charge in [0.15, 0.2) is 0 Å². The predicted octanol–water partition coefficient (Wildman–Crippen LogP) is 4.12. The molecule has 4 rings (SSSR count). The van der Waals surface area contributed by atoms with Gasteiger partial charge in [-0.2, -0.15) is 0 Å². The Hall–Kier alpha value is -1.46. The monoisotopic (exact) mass is 386 g/mol. The largest absolute Gasteiger partial charge is 0.378 e. The molecule has 0 radical (unpaired) electrons. The summed E-state index contributed by atoms with van der Waals surface area (Å²) in [6.07, 6.45) is 5.91. The molecule has 1 spiro atoms. The van der Waals surface area contributed by atoms with Crippen LogP contribution in [0.2, 0.25) is 5.02 Å². The van der Waals surface area contributed by atoms with Crippen LogP contribution in [0.5, 0.6) is 0 Å². The molecule has 5 heteroatoms. The SMILES string of the molecule is Clc1cccc(CNCCC2(c3ccccn3)CCOC3(CCOC3)C2)c1. The predicted molar refractivity (Wildman–Crippen MR) is 107 cm³/mol. The molecular weight excluding hydrogens is 360 g/mol. The lowest BCUT2D eigenvalue weighted by molar-refractivity contribution is -0.109. The van der Waals surface area contributed by atoms with E-state index in [2.05, 4.69) is 23.5 Å². The molecule has 0 amide bonds. The number of pyridine rings is 1. The van der Waals surface area contributed by atoms with Gasteiger partial charge >= 0.3 is 0 Å². The number of nitrogens with one attached hydrogen (secondary N) is 1. The Labute approximate surface area is 166 Å². The molecule has 2 aliphatic heterocycles. The summed E-state index contributed by atoms with van der Waals surface area (Å²) < 4.78 is 11.9. The van der Waals surface area contributed by atoms with E-state index in [1.165, 1.54) is 11.3 Å². The number of nitrogens with zero attached hydrogens (tertiary/aromatic N) is 1. The van der Waals surface area contributed by atoms with Crippen molar-refractivity contribution in [2.24, 2.45) is 0 Å². The van der Waals surface area contributed by atoms with Gasteiger partial charge in [-0.15, -0.1) is 0 Å². The number of ether oxygens (including phenoxy) is 2. The van der Waals surface area contributed by atoms with Crippen molar-refractivity contribution in [1.29, 1.82) is 0 Å².